The number of nitrogens with one attached hydrogen (secondary N) is 1. The zero-order valence-electron chi connectivity index (χ0n) is 8.29. The number of carboxylic acid groups (broad SMARTS) is 1. The Hall–Kier alpha value is -0.610. The third-order valence-electron chi connectivity index (χ3n) is 2.66. The van der Waals surface area contributed by atoms with Crippen molar-refractivity contribution >= 4 is 5.97 Å². The minimum atomic E-state index is -0.730. The minimum Gasteiger partial charge on any atom is -0.481 e. The second-order valence-corrected chi connectivity index (χ2v) is 3.82. The molecule has 1 aliphatic heterocycles. The topological polar surface area (TPSA) is 52.6 Å². The first-order chi connectivity index (χ1) is 6.09. The molecule has 0 amide bonds. The molecule has 0 aromatic heterocycles. The van der Waals surface area contributed by atoms with Gasteiger partial charge in [-0.2, -0.15) is 0 Å². The molecule has 1 fully saturated rings. The minimum absolute atomic E-state index is 0.217. The van der Waals surface area contributed by atoms with Gasteiger partial charge in [0.15, 0.2) is 0 Å². The number of rotatable bonds is 4. The van der Waals surface area contributed by atoms with E-state index in [0.29, 0.717) is 18.6 Å². The fraction of sp³-hybridized carbons (Fsp3) is 0.889. The van der Waals surface area contributed by atoms with E-state index in [9.17, 15) is 4.79 Å². The van der Waals surface area contributed by atoms with E-state index in [-0.39, 0.29) is 6.42 Å². The summed E-state index contributed by atoms with van der Waals surface area (Å²) in [4.78, 5) is 12.5. The Morgan fingerprint density at radius 3 is 2.85 bits per heavy atom. The number of nitrogens with zero attached hydrogens (tertiary/aromatic N) is 1. The highest BCUT2D eigenvalue weighted by Gasteiger charge is 2.25. The molecule has 2 atom stereocenters. The summed E-state index contributed by atoms with van der Waals surface area (Å²) in [6.45, 7) is 3.81. The number of carbonyl (C=O) groups is 1. The summed E-state index contributed by atoms with van der Waals surface area (Å²) in [5.41, 5.74) is 0. The van der Waals surface area contributed by atoms with Crippen LogP contribution in [0.2, 0.25) is 0 Å². The van der Waals surface area contributed by atoms with Gasteiger partial charge in [0.25, 0.3) is 0 Å². The van der Waals surface area contributed by atoms with Crippen molar-refractivity contribution in [3.63, 3.8) is 0 Å². The van der Waals surface area contributed by atoms with Crippen molar-refractivity contribution in [3.05, 3.63) is 0 Å². The maximum atomic E-state index is 10.3. The van der Waals surface area contributed by atoms with Crippen LogP contribution in [0.5, 0.6) is 0 Å². The second-order valence-electron chi connectivity index (χ2n) is 3.82. The number of hydrogen-bond donors (Lipinski definition) is 2. The van der Waals surface area contributed by atoms with Crippen LogP contribution in [0.3, 0.4) is 0 Å². The highest BCUT2D eigenvalue weighted by Crippen LogP contribution is 2.14. The van der Waals surface area contributed by atoms with Crippen LogP contribution in [0.15, 0.2) is 0 Å². The lowest BCUT2D eigenvalue weighted by Gasteiger charge is -2.12. The molecule has 0 aliphatic carbocycles. The lowest BCUT2D eigenvalue weighted by atomic mass is 10.2. The number of aliphatic carboxylic acids is 1. The third kappa shape index (κ3) is 3.32. The summed E-state index contributed by atoms with van der Waals surface area (Å²) in [6.07, 6.45) is 1.34. The number of hydrogen-bond acceptors (Lipinski definition) is 3. The average Bonchev–Trinajstić information content (AvgIpc) is 2.30. The van der Waals surface area contributed by atoms with Gasteiger partial charge in [0.1, 0.15) is 0 Å². The second kappa shape index (κ2) is 4.58. The molecule has 1 heterocycles. The van der Waals surface area contributed by atoms with Gasteiger partial charge >= 0.3 is 5.97 Å². The predicted octanol–water partition coefficient (Wildman–Crippen LogP) is 0.143. The molecule has 4 heteroatoms. The number of likely N-dealkylation sites (tertiary alicyclic amines) is 1. The number of carboxylic acids is 1. The van der Waals surface area contributed by atoms with Gasteiger partial charge in [0, 0.05) is 25.2 Å². The van der Waals surface area contributed by atoms with E-state index in [2.05, 4.69) is 24.2 Å². The van der Waals surface area contributed by atoms with E-state index in [1.165, 1.54) is 0 Å². The number of likely N-dealkylation sites (N-methyl/N-ethyl adjacent to an activating group) is 1. The van der Waals surface area contributed by atoms with Gasteiger partial charge in [0.05, 0.1) is 6.42 Å². The quantitative estimate of drug-likeness (QED) is 0.656. The Bertz CT molecular complexity index is 174. The van der Waals surface area contributed by atoms with Gasteiger partial charge in [-0.3, -0.25) is 4.79 Å². The Morgan fingerprint density at radius 2 is 2.38 bits per heavy atom. The lowest BCUT2D eigenvalue weighted by molar-refractivity contribution is -0.136. The standard InChI is InChI=1S/C9H18N2O2/c1-7-5-8(6-11(7)2)10-4-3-9(12)13/h7-8,10H,3-6H2,1-2H3,(H,12,13). The van der Waals surface area contributed by atoms with E-state index < -0.39 is 5.97 Å². The summed E-state index contributed by atoms with van der Waals surface area (Å²) in [6, 6.07) is 1.08. The third-order valence-corrected chi connectivity index (χ3v) is 2.66. The SMILES string of the molecule is CC1CC(NCCC(=O)O)CN1C. The smallest absolute Gasteiger partial charge is 0.304 e. The molecule has 0 saturated carbocycles. The van der Waals surface area contributed by atoms with Crippen molar-refractivity contribution in [1.82, 2.24) is 10.2 Å². The van der Waals surface area contributed by atoms with E-state index in [1.807, 2.05) is 0 Å². The first kappa shape index (κ1) is 10.5. The molecule has 76 valence electrons. The normalized spacial score (nSPS) is 29.4. The molecule has 2 N–H and O–H groups in total. The van der Waals surface area contributed by atoms with Crippen LogP contribution in [-0.4, -0.2) is 48.2 Å². The molecule has 2 unspecified atom stereocenters. The Labute approximate surface area is 78.9 Å². The van der Waals surface area contributed by atoms with Crippen LogP contribution in [0.1, 0.15) is 19.8 Å². The van der Waals surface area contributed by atoms with E-state index in [4.69, 9.17) is 5.11 Å². The summed E-state index contributed by atoms with van der Waals surface area (Å²) in [7, 11) is 2.10. The zero-order chi connectivity index (χ0) is 9.84. The van der Waals surface area contributed by atoms with E-state index in [0.717, 1.165) is 13.0 Å². The molecule has 0 radical (unpaired) electrons. The fourth-order valence-electron chi connectivity index (χ4n) is 1.72. The molecule has 1 rings (SSSR count). The van der Waals surface area contributed by atoms with Gasteiger partial charge in [-0.1, -0.05) is 0 Å². The van der Waals surface area contributed by atoms with E-state index in [1.54, 1.807) is 0 Å². The van der Waals surface area contributed by atoms with Gasteiger partial charge < -0.3 is 15.3 Å². The van der Waals surface area contributed by atoms with Crippen LogP contribution >= 0.6 is 0 Å². The van der Waals surface area contributed by atoms with Gasteiger partial charge in [0.2, 0.25) is 0 Å². The first-order valence-electron chi connectivity index (χ1n) is 4.75. The maximum absolute atomic E-state index is 10.3. The summed E-state index contributed by atoms with van der Waals surface area (Å²) in [5.74, 6) is -0.730. The van der Waals surface area contributed by atoms with Crippen LogP contribution in [-0.2, 0) is 4.79 Å². The van der Waals surface area contributed by atoms with E-state index >= 15 is 0 Å². The molecule has 0 aromatic rings. The summed E-state index contributed by atoms with van der Waals surface area (Å²) in [5, 5.41) is 11.7. The molecular formula is C9H18N2O2. The molecular weight excluding hydrogens is 168 g/mol. The maximum Gasteiger partial charge on any atom is 0.304 e. The molecule has 1 saturated heterocycles. The van der Waals surface area contributed by atoms with Gasteiger partial charge in [-0.05, 0) is 20.4 Å². The van der Waals surface area contributed by atoms with Crippen molar-refractivity contribution in [2.45, 2.75) is 31.8 Å². The van der Waals surface area contributed by atoms with Gasteiger partial charge in [-0.25, -0.2) is 0 Å². The Morgan fingerprint density at radius 1 is 1.69 bits per heavy atom. The van der Waals surface area contributed by atoms with Crippen LogP contribution in [0.25, 0.3) is 0 Å². The summed E-state index contributed by atoms with van der Waals surface area (Å²) < 4.78 is 0. The lowest BCUT2D eigenvalue weighted by Crippen LogP contribution is -2.33. The predicted molar refractivity (Wildman–Crippen MR) is 50.8 cm³/mol. The van der Waals surface area contributed by atoms with Gasteiger partial charge in [-0.15, -0.1) is 0 Å². The average molecular weight is 186 g/mol. The van der Waals surface area contributed by atoms with Crippen LogP contribution in [0, 0.1) is 0 Å². The molecule has 0 spiro atoms. The molecule has 1 aliphatic rings. The molecule has 4 nitrogen and oxygen atoms in total. The van der Waals surface area contributed by atoms with Crippen LogP contribution < -0.4 is 5.32 Å². The van der Waals surface area contributed by atoms with Crippen molar-refractivity contribution in [3.8, 4) is 0 Å². The van der Waals surface area contributed by atoms with Crippen molar-refractivity contribution < 1.29 is 9.90 Å². The van der Waals surface area contributed by atoms with Crippen molar-refractivity contribution in [1.29, 1.82) is 0 Å². The first-order valence-corrected chi connectivity index (χ1v) is 4.75. The fourth-order valence-corrected chi connectivity index (χ4v) is 1.72. The Balaban J connectivity index is 2.13. The highest BCUT2D eigenvalue weighted by molar-refractivity contribution is 5.66. The zero-order valence-corrected chi connectivity index (χ0v) is 8.29. The van der Waals surface area contributed by atoms with Crippen molar-refractivity contribution in [2.75, 3.05) is 20.1 Å². The van der Waals surface area contributed by atoms with Crippen molar-refractivity contribution in [2.24, 2.45) is 0 Å². The molecule has 0 bridgehead atoms. The summed E-state index contributed by atoms with van der Waals surface area (Å²) >= 11 is 0. The Kier molecular flexibility index (Phi) is 3.69. The molecule has 0 aromatic carbocycles. The largest absolute Gasteiger partial charge is 0.481 e. The monoisotopic (exact) mass is 186 g/mol. The molecule has 13 heavy (non-hydrogen) atoms. The van der Waals surface area contributed by atoms with Crippen LogP contribution in [0.4, 0.5) is 0 Å². The highest BCUT2D eigenvalue weighted by atomic mass is 16.4.